The minimum Gasteiger partial charge on any atom is -0.390 e. The number of hydrogen-bond acceptors (Lipinski definition) is 7. The van der Waals surface area contributed by atoms with Gasteiger partial charge in [0, 0.05) is 49.6 Å². The van der Waals surface area contributed by atoms with Crippen molar-refractivity contribution in [2.24, 2.45) is 0 Å². The van der Waals surface area contributed by atoms with E-state index in [4.69, 9.17) is 4.98 Å². The molecule has 9 heteroatoms. The van der Waals surface area contributed by atoms with E-state index < -0.39 is 12.1 Å². The van der Waals surface area contributed by atoms with Gasteiger partial charge in [0.1, 0.15) is 0 Å². The number of fused-ring (bicyclic) bond motifs is 1. The number of carbonyl (C=O) groups excluding carboxylic acids is 1. The number of carbonyl (C=O) groups is 1. The summed E-state index contributed by atoms with van der Waals surface area (Å²) in [5, 5.41) is 19.0. The fraction of sp³-hybridized carbons (Fsp3) is 0.324. The van der Waals surface area contributed by atoms with Gasteiger partial charge in [-0.3, -0.25) is 9.78 Å². The lowest BCUT2D eigenvalue weighted by atomic mass is 10.00. The van der Waals surface area contributed by atoms with Crippen molar-refractivity contribution < 1.29 is 9.90 Å². The fourth-order valence-electron chi connectivity index (χ4n) is 5.80. The highest BCUT2D eigenvalue weighted by Gasteiger charge is 2.25. The summed E-state index contributed by atoms with van der Waals surface area (Å²) in [6, 6.07) is 19.5. The molecule has 1 amide bonds. The van der Waals surface area contributed by atoms with Crippen molar-refractivity contribution in [2.75, 3.05) is 23.7 Å². The first kappa shape index (κ1) is 29.2. The minimum absolute atomic E-state index is 0.189. The molecule has 3 aromatic carbocycles. The molecule has 5 aromatic rings. The molecule has 2 atom stereocenters. The second-order valence-electron chi connectivity index (χ2n) is 11.2. The summed E-state index contributed by atoms with van der Waals surface area (Å²) >= 11 is 1.76. The lowest BCUT2D eigenvalue weighted by Gasteiger charge is -2.25. The van der Waals surface area contributed by atoms with E-state index in [0.717, 1.165) is 57.6 Å². The number of aliphatic hydroxyl groups excluding tert-OH is 1. The van der Waals surface area contributed by atoms with Crippen molar-refractivity contribution in [2.45, 2.75) is 51.9 Å². The van der Waals surface area contributed by atoms with Gasteiger partial charge in [-0.15, -0.1) is 0 Å². The van der Waals surface area contributed by atoms with Crippen molar-refractivity contribution in [3.05, 3.63) is 101 Å². The van der Waals surface area contributed by atoms with Crippen LogP contribution in [0.4, 0.5) is 5.69 Å². The molecular formula is C34H38N6O2S. The number of hydrogen-bond donors (Lipinski definition) is 3. The maximum Gasteiger partial charge on any atom is 0.251 e. The minimum atomic E-state index is -0.823. The van der Waals surface area contributed by atoms with Crippen LogP contribution in [0.25, 0.3) is 21.9 Å². The zero-order valence-corrected chi connectivity index (χ0v) is 25.7. The molecule has 0 radical (unpaired) electrons. The molecular weight excluding hydrogens is 556 g/mol. The molecule has 0 spiro atoms. The van der Waals surface area contributed by atoms with Crippen LogP contribution in [0.1, 0.15) is 39.7 Å². The summed E-state index contributed by atoms with van der Waals surface area (Å²) in [5.74, 6) is 0.786. The largest absolute Gasteiger partial charge is 0.390 e. The summed E-state index contributed by atoms with van der Waals surface area (Å²) in [7, 11) is 2.06. The van der Waals surface area contributed by atoms with Crippen LogP contribution in [-0.2, 0) is 25.9 Å². The Bertz CT molecular complexity index is 1760. The highest BCUT2D eigenvalue weighted by molar-refractivity contribution is 8.00. The van der Waals surface area contributed by atoms with E-state index in [-0.39, 0.29) is 12.5 Å². The molecule has 6 rings (SSSR count). The highest BCUT2D eigenvalue weighted by Crippen LogP contribution is 2.37. The molecule has 0 aliphatic carbocycles. The van der Waals surface area contributed by atoms with Crippen molar-refractivity contribution in [3.8, 4) is 0 Å². The Balaban J connectivity index is 1.21. The van der Waals surface area contributed by atoms with Crippen LogP contribution in [0, 0.1) is 6.92 Å². The molecule has 1 aliphatic heterocycles. The van der Waals surface area contributed by atoms with Crippen LogP contribution in [0.5, 0.6) is 0 Å². The van der Waals surface area contributed by atoms with Crippen LogP contribution in [0.2, 0.25) is 0 Å². The van der Waals surface area contributed by atoms with E-state index in [1.54, 1.807) is 18.1 Å². The zero-order chi connectivity index (χ0) is 29.9. The Morgan fingerprint density at radius 1 is 1.12 bits per heavy atom. The average molecular weight is 595 g/mol. The van der Waals surface area contributed by atoms with Crippen LogP contribution in [-0.4, -0.2) is 57.0 Å². The van der Waals surface area contributed by atoms with Gasteiger partial charge in [0.2, 0.25) is 0 Å². The van der Waals surface area contributed by atoms with E-state index in [9.17, 15) is 9.90 Å². The predicted molar refractivity (Wildman–Crippen MR) is 176 cm³/mol. The number of aryl methyl sites for hydroxylation is 3. The Kier molecular flexibility index (Phi) is 8.65. The summed E-state index contributed by atoms with van der Waals surface area (Å²) in [4.78, 5) is 23.1. The maximum atomic E-state index is 13.8. The molecule has 0 saturated carbocycles. The van der Waals surface area contributed by atoms with Gasteiger partial charge in [-0.2, -0.15) is 0 Å². The molecule has 3 N–H and O–H groups in total. The fourth-order valence-corrected chi connectivity index (χ4v) is 6.63. The quantitative estimate of drug-likeness (QED) is 0.195. The van der Waals surface area contributed by atoms with Crippen molar-refractivity contribution in [3.63, 3.8) is 0 Å². The first-order valence-corrected chi connectivity index (χ1v) is 15.8. The van der Waals surface area contributed by atoms with E-state index in [0.29, 0.717) is 18.5 Å². The summed E-state index contributed by atoms with van der Waals surface area (Å²) in [5.41, 5.74) is 8.76. The Morgan fingerprint density at radius 2 is 1.95 bits per heavy atom. The number of amides is 1. The number of aromatic nitrogens is 3. The standard InChI is InChI=1S/C34H38N6O2S/c1-4-24-21-40-12-13-43-39(3)31-17-25(16-27(24)33(31)40)34(42)38-30(15-23-8-6-5-7-9-23)32(41)20-35-18-26-19-36-29-14-22(2)10-11-28(29)37-26/h5-11,14,16-17,19,21,30,32,35,41H,4,12-13,15,18,20H2,1-3H3,(H,38,42)/t30-,32+/m0/s1. The number of anilines is 1. The van der Waals surface area contributed by atoms with Crippen molar-refractivity contribution >= 4 is 45.5 Å². The Labute approximate surface area is 256 Å². The number of aliphatic hydroxyl groups is 1. The van der Waals surface area contributed by atoms with Crippen molar-refractivity contribution in [1.82, 2.24) is 25.2 Å². The molecule has 0 bridgehead atoms. The summed E-state index contributed by atoms with van der Waals surface area (Å²) in [6.07, 6.45) is 4.57. The predicted octanol–water partition coefficient (Wildman–Crippen LogP) is 5.05. The molecule has 1 aliphatic rings. The second kappa shape index (κ2) is 12.8. The molecule has 43 heavy (non-hydrogen) atoms. The number of benzene rings is 3. The van der Waals surface area contributed by atoms with Gasteiger partial charge in [0.25, 0.3) is 5.91 Å². The monoisotopic (exact) mass is 594 g/mol. The molecule has 0 unspecified atom stereocenters. The molecule has 0 fully saturated rings. The summed E-state index contributed by atoms with van der Waals surface area (Å²) < 4.78 is 4.48. The van der Waals surface area contributed by atoms with Gasteiger partial charge >= 0.3 is 0 Å². The Hall–Kier alpha value is -3.92. The zero-order valence-electron chi connectivity index (χ0n) is 24.9. The number of nitrogens with one attached hydrogen (secondary N) is 2. The second-order valence-corrected chi connectivity index (χ2v) is 12.5. The van der Waals surface area contributed by atoms with Crippen LogP contribution in [0.15, 0.2) is 73.1 Å². The third-order valence-electron chi connectivity index (χ3n) is 8.12. The number of nitrogens with zero attached hydrogens (tertiary/aromatic N) is 4. The molecule has 3 heterocycles. The smallest absolute Gasteiger partial charge is 0.251 e. The third-order valence-corrected chi connectivity index (χ3v) is 9.07. The van der Waals surface area contributed by atoms with Crippen LogP contribution in [0.3, 0.4) is 0 Å². The molecule has 8 nitrogen and oxygen atoms in total. The first-order valence-electron chi connectivity index (χ1n) is 14.9. The van der Waals surface area contributed by atoms with E-state index in [1.165, 1.54) is 11.1 Å². The molecule has 2 aromatic heterocycles. The van der Waals surface area contributed by atoms with Crippen molar-refractivity contribution in [1.29, 1.82) is 0 Å². The maximum absolute atomic E-state index is 13.8. The SMILES string of the molecule is CCc1cn2c3c(cc(C(=O)N[C@@H](Cc4ccccc4)[C@H](O)CNCc4cnc5cc(C)ccc5n4)cc13)N(C)SCC2. The average Bonchev–Trinajstić information content (AvgIpc) is 3.29. The van der Waals surface area contributed by atoms with Gasteiger partial charge < -0.3 is 24.6 Å². The van der Waals surface area contributed by atoms with Crippen LogP contribution < -0.4 is 14.9 Å². The van der Waals surface area contributed by atoms with Gasteiger partial charge in [0.05, 0.1) is 46.3 Å². The van der Waals surface area contributed by atoms with E-state index >= 15 is 0 Å². The highest BCUT2D eigenvalue weighted by atomic mass is 32.2. The summed E-state index contributed by atoms with van der Waals surface area (Å²) in [6.45, 7) is 5.88. The first-order chi connectivity index (χ1) is 20.9. The third kappa shape index (κ3) is 6.39. The number of rotatable bonds is 10. The van der Waals surface area contributed by atoms with Gasteiger partial charge in [0.15, 0.2) is 0 Å². The topological polar surface area (TPSA) is 95.3 Å². The van der Waals surface area contributed by atoms with Gasteiger partial charge in [-0.1, -0.05) is 43.3 Å². The lowest BCUT2D eigenvalue weighted by Crippen LogP contribution is -2.48. The van der Waals surface area contributed by atoms with Crippen LogP contribution >= 0.6 is 11.9 Å². The van der Waals surface area contributed by atoms with Gasteiger partial charge in [-0.05, 0) is 72.7 Å². The lowest BCUT2D eigenvalue weighted by molar-refractivity contribution is 0.0830. The van der Waals surface area contributed by atoms with E-state index in [2.05, 4.69) is 44.7 Å². The Morgan fingerprint density at radius 3 is 2.77 bits per heavy atom. The molecule has 0 saturated heterocycles. The van der Waals surface area contributed by atoms with Gasteiger partial charge in [-0.25, -0.2) is 4.98 Å². The van der Waals surface area contributed by atoms with E-state index in [1.807, 2.05) is 67.6 Å². The normalized spacial score (nSPS) is 14.6. The molecule has 222 valence electrons.